The summed E-state index contributed by atoms with van der Waals surface area (Å²) >= 11 is 0. The van der Waals surface area contributed by atoms with Crippen LogP contribution in [0, 0.1) is 0 Å². The Morgan fingerprint density at radius 3 is 1.31 bits per heavy atom. The van der Waals surface area contributed by atoms with Gasteiger partial charge in [0.25, 0.3) is 0 Å². The predicted octanol–water partition coefficient (Wildman–Crippen LogP) is 13.8. The molecule has 320 valence electrons. The fraction of sp³-hybridized carbons (Fsp3) is 0.917. The SMILES string of the molecule is CCCCCCCCC/C=C\CCCCCCCCCC(=O)OCCCCCCCCCCCCC(=O)NC(CO)C(O)CCCCCCCCCCC. The molecule has 0 saturated carbocycles. The molecule has 2 atom stereocenters. The van der Waals surface area contributed by atoms with Gasteiger partial charge in [-0.15, -0.1) is 0 Å². The van der Waals surface area contributed by atoms with Crippen molar-refractivity contribution < 1.29 is 24.5 Å². The van der Waals surface area contributed by atoms with E-state index in [1.807, 2.05) is 0 Å². The Labute approximate surface area is 336 Å². The number of hydrogen-bond acceptors (Lipinski definition) is 5. The van der Waals surface area contributed by atoms with Gasteiger partial charge in [-0.3, -0.25) is 9.59 Å². The first-order valence-electron chi connectivity index (χ1n) is 23.9. The Morgan fingerprint density at radius 2 is 0.870 bits per heavy atom. The van der Waals surface area contributed by atoms with Crippen LogP contribution < -0.4 is 5.32 Å². The van der Waals surface area contributed by atoms with Gasteiger partial charge >= 0.3 is 5.97 Å². The van der Waals surface area contributed by atoms with Crippen molar-refractivity contribution in [3.8, 4) is 0 Å². The van der Waals surface area contributed by atoms with Crippen LogP contribution in [0.5, 0.6) is 0 Å². The molecule has 0 rings (SSSR count). The van der Waals surface area contributed by atoms with E-state index in [1.54, 1.807) is 0 Å². The molecule has 0 heterocycles. The Balaban J connectivity index is 3.44. The Kier molecular flexibility index (Phi) is 43.2. The summed E-state index contributed by atoms with van der Waals surface area (Å²) in [6.07, 6.45) is 48.9. The Hall–Kier alpha value is -1.40. The van der Waals surface area contributed by atoms with E-state index in [1.165, 1.54) is 167 Å². The highest BCUT2D eigenvalue weighted by Crippen LogP contribution is 2.15. The summed E-state index contributed by atoms with van der Waals surface area (Å²) in [7, 11) is 0. The van der Waals surface area contributed by atoms with E-state index in [9.17, 15) is 19.8 Å². The van der Waals surface area contributed by atoms with Crippen LogP contribution in [0.2, 0.25) is 0 Å². The third-order valence-corrected chi connectivity index (χ3v) is 11.1. The van der Waals surface area contributed by atoms with Gasteiger partial charge in [0, 0.05) is 12.8 Å². The zero-order chi connectivity index (χ0) is 39.4. The molecule has 0 spiro atoms. The predicted molar refractivity (Wildman–Crippen MR) is 232 cm³/mol. The van der Waals surface area contributed by atoms with Crippen molar-refractivity contribution in [3.63, 3.8) is 0 Å². The molecule has 2 unspecified atom stereocenters. The molecule has 0 aliphatic carbocycles. The van der Waals surface area contributed by atoms with Gasteiger partial charge in [-0.2, -0.15) is 0 Å². The summed E-state index contributed by atoms with van der Waals surface area (Å²) in [5.74, 6) is -0.0827. The summed E-state index contributed by atoms with van der Waals surface area (Å²) in [5.41, 5.74) is 0. The quantitative estimate of drug-likeness (QED) is 0.0326. The Bertz CT molecular complexity index is 802. The number of amides is 1. The number of aliphatic hydroxyl groups is 2. The van der Waals surface area contributed by atoms with Crippen LogP contribution in [0.3, 0.4) is 0 Å². The average molecular weight is 764 g/mol. The molecule has 1 amide bonds. The molecule has 0 aromatic carbocycles. The van der Waals surface area contributed by atoms with Crippen LogP contribution in [-0.4, -0.2) is 47.4 Å². The number of rotatable bonds is 44. The molecule has 6 heteroatoms. The average Bonchev–Trinajstić information content (AvgIpc) is 3.17. The smallest absolute Gasteiger partial charge is 0.305 e. The third-order valence-electron chi connectivity index (χ3n) is 11.1. The number of carbonyl (C=O) groups excluding carboxylic acids is 2. The summed E-state index contributed by atoms with van der Waals surface area (Å²) in [6.45, 7) is 4.87. The molecule has 0 aliphatic heterocycles. The van der Waals surface area contributed by atoms with Crippen LogP contribution >= 0.6 is 0 Å². The van der Waals surface area contributed by atoms with Crippen LogP contribution in [0.25, 0.3) is 0 Å². The van der Waals surface area contributed by atoms with E-state index in [2.05, 4.69) is 31.3 Å². The highest BCUT2D eigenvalue weighted by molar-refractivity contribution is 5.76. The van der Waals surface area contributed by atoms with Gasteiger partial charge in [0.2, 0.25) is 5.91 Å². The molecule has 6 nitrogen and oxygen atoms in total. The summed E-state index contributed by atoms with van der Waals surface area (Å²) < 4.78 is 5.45. The number of carbonyl (C=O) groups is 2. The minimum absolute atomic E-state index is 0.0223. The molecule has 0 aromatic rings. The number of esters is 1. The maximum atomic E-state index is 12.4. The lowest BCUT2D eigenvalue weighted by molar-refractivity contribution is -0.143. The lowest BCUT2D eigenvalue weighted by Gasteiger charge is -2.22. The van der Waals surface area contributed by atoms with Gasteiger partial charge in [-0.05, 0) is 51.4 Å². The number of unbranched alkanes of at least 4 members (excludes halogenated alkanes) is 31. The fourth-order valence-electron chi connectivity index (χ4n) is 7.34. The van der Waals surface area contributed by atoms with Crippen molar-refractivity contribution in [2.24, 2.45) is 0 Å². The van der Waals surface area contributed by atoms with Crippen molar-refractivity contribution in [2.45, 2.75) is 270 Å². The zero-order valence-electron chi connectivity index (χ0n) is 36.2. The van der Waals surface area contributed by atoms with E-state index in [0.29, 0.717) is 25.9 Å². The van der Waals surface area contributed by atoms with Crippen LogP contribution in [0.4, 0.5) is 0 Å². The van der Waals surface area contributed by atoms with Crippen molar-refractivity contribution in [2.75, 3.05) is 13.2 Å². The van der Waals surface area contributed by atoms with E-state index >= 15 is 0 Å². The van der Waals surface area contributed by atoms with Gasteiger partial charge < -0.3 is 20.3 Å². The lowest BCUT2D eigenvalue weighted by Crippen LogP contribution is -2.45. The molecule has 0 fully saturated rings. The fourth-order valence-corrected chi connectivity index (χ4v) is 7.34. The van der Waals surface area contributed by atoms with E-state index < -0.39 is 12.1 Å². The van der Waals surface area contributed by atoms with Gasteiger partial charge in [0.15, 0.2) is 0 Å². The molecular weight excluding hydrogens is 671 g/mol. The second kappa shape index (κ2) is 44.3. The normalized spacial score (nSPS) is 12.7. The lowest BCUT2D eigenvalue weighted by atomic mass is 10.0. The van der Waals surface area contributed by atoms with Gasteiger partial charge in [-0.1, -0.05) is 206 Å². The van der Waals surface area contributed by atoms with E-state index in [0.717, 1.165) is 57.8 Å². The second-order valence-corrected chi connectivity index (χ2v) is 16.4. The first kappa shape index (κ1) is 52.6. The van der Waals surface area contributed by atoms with Crippen LogP contribution in [0.1, 0.15) is 258 Å². The van der Waals surface area contributed by atoms with Crippen molar-refractivity contribution >= 4 is 11.9 Å². The molecule has 0 bridgehead atoms. The highest BCUT2D eigenvalue weighted by atomic mass is 16.5. The minimum atomic E-state index is -0.676. The van der Waals surface area contributed by atoms with Gasteiger partial charge in [0.05, 0.1) is 25.4 Å². The van der Waals surface area contributed by atoms with E-state index in [-0.39, 0.29) is 18.5 Å². The van der Waals surface area contributed by atoms with Crippen molar-refractivity contribution in [1.82, 2.24) is 5.32 Å². The standard InChI is InChI=1S/C48H93NO5/c1-3-5-7-9-11-13-14-15-16-17-18-19-20-21-26-30-34-38-42-48(53)54-43-39-35-31-27-23-22-25-29-33-37-41-47(52)49-45(44-50)46(51)40-36-32-28-24-12-10-8-6-4-2/h16-17,45-46,50-51H,3-15,18-44H2,1-2H3,(H,49,52)/b17-16-. The first-order valence-corrected chi connectivity index (χ1v) is 23.9. The summed E-state index contributed by atoms with van der Waals surface area (Å²) in [4.78, 5) is 24.4. The first-order chi connectivity index (χ1) is 26.5. The van der Waals surface area contributed by atoms with E-state index in [4.69, 9.17) is 4.74 Å². The number of nitrogens with one attached hydrogen (secondary N) is 1. The molecule has 0 saturated heterocycles. The molecular formula is C48H93NO5. The zero-order valence-corrected chi connectivity index (χ0v) is 36.2. The number of ether oxygens (including phenoxy) is 1. The molecule has 0 aliphatic rings. The van der Waals surface area contributed by atoms with Crippen LogP contribution in [-0.2, 0) is 14.3 Å². The molecule has 3 N–H and O–H groups in total. The highest BCUT2D eigenvalue weighted by Gasteiger charge is 2.20. The second-order valence-electron chi connectivity index (χ2n) is 16.4. The summed E-state index contributed by atoms with van der Waals surface area (Å²) in [5, 5.41) is 23.0. The Morgan fingerprint density at radius 1 is 0.500 bits per heavy atom. The van der Waals surface area contributed by atoms with Gasteiger partial charge in [0.1, 0.15) is 0 Å². The van der Waals surface area contributed by atoms with Crippen molar-refractivity contribution in [3.05, 3.63) is 12.2 Å². The van der Waals surface area contributed by atoms with Gasteiger partial charge in [-0.25, -0.2) is 0 Å². The number of allylic oxidation sites excluding steroid dienone is 2. The maximum Gasteiger partial charge on any atom is 0.305 e. The largest absolute Gasteiger partial charge is 0.466 e. The third kappa shape index (κ3) is 40.3. The molecule has 54 heavy (non-hydrogen) atoms. The topological polar surface area (TPSA) is 95.9 Å². The summed E-state index contributed by atoms with van der Waals surface area (Å²) in [6, 6.07) is -0.555. The number of hydrogen-bond donors (Lipinski definition) is 3. The monoisotopic (exact) mass is 764 g/mol. The molecule has 0 radical (unpaired) electrons. The maximum absolute atomic E-state index is 12.4. The minimum Gasteiger partial charge on any atom is -0.466 e. The molecule has 0 aromatic heterocycles. The number of aliphatic hydroxyl groups excluding tert-OH is 2. The van der Waals surface area contributed by atoms with Crippen LogP contribution in [0.15, 0.2) is 12.2 Å². The van der Waals surface area contributed by atoms with Crippen molar-refractivity contribution in [1.29, 1.82) is 0 Å².